The van der Waals surface area contributed by atoms with Gasteiger partial charge in [-0.25, -0.2) is 0 Å². The first kappa shape index (κ1) is 16.2. The third-order valence-electron chi connectivity index (χ3n) is 3.95. The third kappa shape index (κ3) is 3.16. The van der Waals surface area contributed by atoms with Crippen LogP contribution in [0.3, 0.4) is 0 Å². The lowest BCUT2D eigenvalue weighted by molar-refractivity contribution is -0.384. The molecule has 1 heterocycles. The predicted octanol–water partition coefficient (Wildman–Crippen LogP) is 4.69. The Bertz CT molecular complexity index is 853. The second-order valence-corrected chi connectivity index (χ2v) is 6.14. The van der Waals surface area contributed by atoms with E-state index in [1.165, 1.54) is 12.1 Å². The summed E-state index contributed by atoms with van der Waals surface area (Å²) < 4.78 is 5.74. The van der Waals surface area contributed by atoms with E-state index in [1.807, 2.05) is 6.92 Å². The lowest BCUT2D eigenvalue weighted by Crippen LogP contribution is -2.03. The fraction of sp³-hybridized carbons (Fsp3) is 0.167. The summed E-state index contributed by atoms with van der Waals surface area (Å²) in [6, 6.07) is 15.5. The lowest BCUT2D eigenvalue weighted by Gasteiger charge is -2.04. The average Bonchev–Trinajstić information content (AvgIpc) is 3.25. The number of halogens is 1. The van der Waals surface area contributed by atoms with Crippen LogP contribution in [0.1, 0.15) is 24.2 Å². The molecule has 1 aliphatic heterocycles. The molecule has 0 spiro atoms. The highest BCUT2D eigenvalue weighted by atomic mass is 35.5. The van der Waals surface area contributed by atoms with E-state index in [4.69, 9.17) is 16.3 Å². The van der Waals surface area contributed by atoms with Crippen LogP contribution >= 0.6 is 11.6 Å². The molecule has 6 heteroatoms. The second-order valence-electron chi connectivity index (χ2n) is 5.71. The number of hydrogen-bond donors (Lipinski definition) is 0. The molecule has 0 amide bonds. The molecule has 2 aromatic rings. The Morgan fingerprint density at radius 3 is 2.46 bits per heavy atom. The van der Waals surface area contributed by atoms with Crippen LogP contribution in [0.2, 0.25) is 5.02 Å². The van der Waals surface area contributed by atoms with Crippen LogP contribution in [0.5, 0.6) is 0 Å². The van der Waals surface area contributed by atoms with Crippen LogP contribution in [0, 0.1) is 21.4 Å². The number of hydrogen-bond acceptors (Lipinski definition) is 4. The highest BCUT2D eigenvalue weighted by molar-refractivity contribution is 6.30. The molecule has 0 aliphatic carbocycles. The highest BCUT2D eigenvalue weighted by Crippen LogP contribution is 2.51. The summed E-state index contributed by atoms with van der Waals surface area (Å²) in [5.41, 5.74) is 1.53. The summed E-state index contributed by atoms with van der Waals surface area (Å²) in [7, 11) is 0. The second kappa shape index (κ2) is 6.08. The van der Waals surface area contributed by atoms with E-state index in [0.717, 1.165) is 11.1 Å². The fourth-order valence-electron chi connectivity index (χ4n) is 2.60. The van der Waals surface area contributed by atoms with Gasteiger partial charge in [0.1, 0.15) is 11.7 Å². The van der Waals surface area contributed by atoms with Crippen molar-refractivity contribution >= 4 is 22.9 Å². The minimum absolute atomic E-state index is 0.0375. The summed E-state index contributed by atoms with van der Waals surface area (Å²) in [5, 5.41) is 20.7. The first-order valence-electron chi connectivity index (χ1n) is 7.24. The first-order valence-corrected chi connectivity index (χ1v) is 7.62. The standard InChI is InChI=1S/C18H13ClN2O3/c1-18(10-14(11-20)12-2-6-15(19)7-3-12)17(24-18)13-4-8-16(9-5-13)21(22)23/h2-10,17H,1H3/b14-10+/t17-,18-/m0/s1. The summed E-state index contributed by atoms with van der Waals surface area (Å²) in [6.45, 7) is 1.88. The average molecular weight is 341 g/mol. The SMILES string of the molecule is C[C@@]1(/C=C(\C#N)c2ccc(Cl)cc2)O[C@H]1c1ccc([N+](=O)[O-])cc1. The van der Waals surface area contributed by atoms with Gasteiger partial charge in [0, 0.05) is 17.2 Å². The van der Waals surface area contributed by atoms with Crippen LogP contribution in [0.15, 0.2) is 54.6 Å². The van der Waals surface area contributed by atoms with Crippen molar-refractivity contribution in [1.29, 1.82) is 5.26 Å². The maximum Gasteiger partial charge on any atom is 0.269 e. The fourth-order valence-corrected chi connectivity index (χ4v) is 2.72. The molecular weight excluding hydrogens is 328 g/mol. The molecule has 2 atom stereocenters. The third-order valence-corrected chi connectivity index (χ3v) is 4.20. The smallest absolute Gasteiger partial charge is 0.269 e. The normalized spacial score (nSPS) is 22.7. The van der Waals surface area contributed by atoms with Gasteiger partial charge < -0.3 is 4.74 Å². The van der Waals surface area contributed by atoms with Crippen molar-refractivity contribution in [2.75, 3.05) is 0 Å². The Hall–Kier alpha value is -2.68. The van der Waals surface area contributed by atoms with Gasteiger partial charge in [-0.15, -0.1) is 0 Å². The van der Waals surface area contributed by atoms with E-state index >= 15 is 0 Å². The number of allylic oxidation sites excluding steroid dienone is 1. The largest absolute Gasteiger partial charge is 0.357 e. The summed E-state index contributed by atoms with van der Waals surface area (Å²) >= 11 is 5.87. The van der Waals surface area contributed by atoms with Crippen molar-refractivity contribution in [2.45, 2.75) is 18.6 Å². The van der Waals surface area contributed by atoms with Crippen LogP contribution in [-0.4, -0.2) is 10.5 Å². The number of nitriles is 1. The van der Waals surface area contributed by atoms with Crippen molar-refractivity contribution < 1.29 is 9.66 Å². The number of nitro groups is 1. The molecule has 1 fully saturated rings. The van der Waals surface area contributed by atoms with Crippen molar-refractivity contribution in [3.8, 4) is 6.07 Å². The Balaban J connectivity index is 1.83. The van der Waals surface area contributed by atoms with E-state index in [2.05, 4.69) is 6.07 Å². The minimum Gasteiger partial charge on any atom is -0.357 e. The van der Waals surface area contributed by atoms with Crippen molar-refractivity contribution in [3.05, 3.63) is 80.9 Å². The topological polar surface area (TPSA) is 79.5 Å². The van der Waals surface area contributed by atoms with Gasteiger partial charge >= 0.3 is 0 Å². The zero-order valence-corrected chi connectivity index (χ0v) is 13.5. The number of ether oxygens (including phenoxy) is 1. The molecule has 0 bridgehead atoms. The van der Waals surface area contributed by atoms with Gasteiger partial charge in [-0.05, 0) is 48.4 Å². The molecule has 5 nitrogen and oxygen atoms in total. The van der Waals surface area contributed by atoms with E-state index in [-0.39, 0.29) is 11.8 Å². The van der Waals surface area contributed by atoms with Gasteiger partial charge in [0.05, 0.1) is 16.6 Å². The summed E-state index contributed by atoms with van der Waals surface area (Å²) in [4.78, 5) is 10.3. The molecule has 3 rings (SSSR count). The van der Waals surface area contributed by atoms with Crippen LogP contribution < -0.4 is 0 Å². The number of epoxide rings is 1. The van der Waals surface area contributed by atoms with Gasteiger partial charge in [0.2, 0.25) is 0 Å². The Kier molecular flexibility index (Phi) is 4.10. The monoisotopic (exact) mass is 340 g/mol. The van der Waals surface area contributed by atoms with Crippen molar-refractivity contribution in [3.63, 3.8) is 0 Å². The molecule has 0 radical (unpaired) electrons. The van der Waals surface area contributed by atoms with Crippen LogP contribution in [0.25, 0.3) is 5.57 Å². The number of rotatable bonds is 4. The molecular formula is C18H13ClN2O3. The zero-order chi connectivity index (χ0) is 17.3. The van der Waals surface area contributed by atoms with E-state index < -0.39 is 10.5 Å². The predicted molar refractivity (Wildman–Crippen MR) is 90.4 cm³/mol. The molecule has 0 aromatic heterocycles. The molecule has 24 heavy (non-hydrogen) atoms. The number of non-ortho nitro benzene ring substituents is 1. The zero-order valence-electron chi connectivity index (χ0n) is 12.8. The maximum absolute atomic E-state index is 10.7. The molecule has 0 unspecified atom stereocenters. The molecule has 2 aromatic carbocycles. The van der Waals surface area contributed by atoms with Gasteiger partial charge in [-0.3, -0.25) is 10.1 Å². The van der Waals surface area contributed by atoms with Crippen molar-refractivity contribution in [1.82, 2.24) is 0 Å². The number of nitro benzene ring substituents is 1. The van der Waals surface area contributed by atoms with E-state index in [1.54, 1.807) is 42.5 Å². The van der Waals surface area contributed by atoms with E-state index in [9.17, 15) is 15.4 Å². The first-order chi connectivity index (χ1) is 11.4. The van der Waals surface area contributed by atoms with E-state index in [0.29, 0.717) is 10.6 Å². The Morgan fingerprint density at radius 2 is 1.92 bits per heavy atom. The highest BCUT2D eigenvalue weighted by Gasteiger charge is 2.51. The van der Waals surface area contributed by atoms with Gasteiger partial charge in [-0.2, -0.15) is 5.26 Å². The molecule has 0 N–H and O–H groups in total. The molecule has 120 valence electrons. The minimum atomic E-state index is -0.610. The Labute approximate surface area is 143 Å². The number of benzene rings is 2. The number of nitrogens with zero attached hydrogens (tertiary/aromatic N) is 2. The quantitative estimate of drug-likeness (QED) is 0.350. The van der Waals surface area contributed by atoms with Crippen LogP contribution in [-0.2, 0) is 4.74 Å². The van der Waals surface area contributed by atoms with Gasteiger partial charge in [0.25, 0.3) is 5.69 Å². The molecule has 1 saturated heterocycles. The summed E-state index contributed by atoms with van der Waals surface area (Å²) in [5.74, 6) is 0. The summed E-state index contributed by atoms with van der Waals surface area (Å²) in [6.07, 6.45) is 1.55. The molecule has 1 aliphatic rings. The van der Waals surface area contributed by atoms with Gasteiger partial charge in [0.15, 0.2) is 0 Å². The Morgan fingerprint density at radius 1 is 1.29 bits per heavy atom. The maximum atomic E-state index is 10.7. The van der Waals surface area contributed by atoms with Crippen molar-refractivity contribution in [2.24, 2.45) is 0 Å². The van der Waals surface area contributed by atoms with Crippen LogP contribution in [0.4, 0.5) is 5.69 Å². The van der Waals surface area contributed by atoms with Gasteiger partial charge in [-0.1, -0.05) is 23.7 Å². The lowest BCUT2D eigenvalue weighted by atomic mass is 9.96. The molecule has 0 saturated carbocycles.